The second kappa shape index (κ2) is 6.94. The Morgan fingerprint density at radius 1 is 1.00 bits per heavy atom. The molecule has 2 heteroatoms. The van der Waals surface area contributed by atoms with Crippen LogP contribution in [0, 0.1) is 0 Å². The summed E-state index contributed by atoms with van der Waals surface area (Å²) in [6.45, 7) is 2.20. The molecular formula is C14H20O2. The summed E-state index contributed by atoms with van der Waals surface area (Å²) >= 11 is 0. The zero-order valence-corrected chi connectivity index (χ0v) is 9.82. The lowest BCUT2D eigenvalue weighted by atomic mass is 10.1. The molecule has 0 aromatic heterocycles. The second-order valence-corrected chi connectivity index (χ2v) is 4.03. The van der Waals surface area contributed by atoms with Gasteiger partial charge in [0, 0.05) is 6.07 Å². The normalized spacial score (nSPS) is 11.1. The average molecular weight is 220 g/mol. The molecule has 0 aliphatic heterocycles. The quantitative estimate of drug-likeness (QED) is 0.709. The number of unbranched alkanes of at least 4 members (excludes halogenated alkanes) is 4. The van der Waals surface area contributed by atoms with Crippen molar-refractivity contribution in [3.63, 3.8) is 0 Å². The van der Waals surface area contributed by atoms with Gasteiger partial charge in [-0.15, -0.1) is 0 Å². The first-order valence-corrected chi connectivity index (χ1v) is 5.92. The van der Waals surface area contributed by atoms with E-state index in [1.807, 2.05) is 6.08 Å². The van der Waals surface area contributed by atoms with Crippen molar-refractivity contribution >= 4 is 6.08 Å². The average Bonchev–Trinajstić information content (AvgIpc) is 2.22. The molecule has 1 aromatic rings. The van der Waals surface area contributed by atoms with E-state index in [2.05, 4.69) is 13.0 Å². The van der Waals surface area contributed by atoms with Crippen molar-refractivity contribution in [3.05, 3.63) is 29.8 Å². The Labute approximate surface area is 97.2 Å². The number of hydrogen-bond donors (Lipinski definition) is 2. The van der Waals surface area contributed by atoms with Gasteiger partial charge < -0.3 is 10.2 Å². The van der Waals surface area contributed by atoms with Crippen LogP contribution >= 0.6 is 0 Å². The molecule has 0 saturated carbocycles. The first-order valence-electron chi connectivity index (χ1n) is 5.92. The molecule has 0 saturated heterocycles. The summed E-state index contributed by atoms with van der Waals surface area (Å²) in [4.78, 5) is 0. The van der Waals surface area contributed by atoms with Gasteiger partial charge in [0.15, 0.2) is 0 Å². The maximum atomic E-state index is 9.27. The zero-order chi connectivity index (χ0) is 11.8. The van der Waals surface area contributed by atoms with Crippen LogP contribution in [0.4, 0.5) is 0 Å². The van der Waals surface area contributed by atoms with Gasteiger partial charge in [0.25, 0.3) is 0 Å². The van der Waals surface area contributed by atoms with E-state index in [0.717, 1.165) is 12.0 Å². The van der Waals surface area contributed by atoms with Gasteiger partial charge in [-0.3, -0.25) is 0 Å². The fourth-order valence-electron chi connectivity index (χ4n) is 1.62. The lowest BCUT2D eigenvalue weighted by molar-refractivity contribution is 0.450. The van der Waals surface area contributed by atoms with E-state index in [4.69, 9.17) is 0 Å². The molecule has 88 valence electrons. The monoisotopic (exact) mass is 220 g/mol. The summed E-state index contributed by atoms with van der Waals surface area (Å²) in [6, 6.07) is 4.61. The summed E-state index contributed by atoms with van der Waals surface area (Å²) in [5.41, 5.74) is 0.841. The molecule has 0 unspecified atom stereocenters. The van der Waals surface area contributed by atoms with Crippen molar-refractivity contribution < 1.29 is 10.2 Å². The smallest absolute Gasteiger partial charge is 0.119 e. The number of phenolic OH excluding ortho intramolecular Hbond substituents is 2. The van der Waals surface area contributed by atoms with E-state index < -0.39 is 0 Å². The van der Waals surface area contributed by atoms with Crippen molar-refractivity contribution in [3.8, 4) is 11.5 Å². The van der Waals surface area contributed by atoms with Crippen LogP contribution in [-0.2, 0) is 0 Å². The van der Waals surface area contributed by atoms with E-state index in [9.17, 15) is 10.2 Å². The fourth-order valence-corrected chi connectivity index (χ4v) is 1.62. The number of hydrogen-bond acceptors (Lipinski definition) is 2. The SMILES string of the molecule is CCCCCCC=Cc1cc(O)cc(O)c1. The third kappa shape index (κ3) is 4.87. The van der Waals surface area contributed by atoms with Gasteiger partial charge in [0.2, 0.25) is 0 Å². The third-order valence-electron chi connectivity index (χ3n) is 2.46. The number of phenols is 2. The Morgan fingerprint density at radius 2 is 1.69 bits per heavy atom. The highest BCUT2D eigenvalue weighted by Gasteiger charge is 1.95. The van der Waals surface area contributed by atoms with Gasteiger partial charge in [-0.25, -0.2) is 0 Å². The summed E-state index contributed by atoms with van der Waals surface area (Å²) in [5.74, 6) is 0.205. The van der Waals surface area contributed by atoms with E-state index in [1.165, 1.54) is 31.7 Å². The van der Waals surface area contributed by atoms with Crippen LogP contribution in [0.2, 0.25) is 0 Å². The lowest BCUT2D eigenvalue weighted by Gasteiger charge is -1.98. The molecule has 0 radical (unpaired) electrons. The molecule has 0 aliphatic rings. The molecule has 2 N–H and O–H groups in total. The van der Waals surface area contributed by atoms with Crippen molar-refractivity contribution in [1.29, 1.82) is 0 Å². The Bertz CT molecular complexity index is 322. The molecule has 0 amide bonds. The van der Waals surface area contributed by atoms with Crippen molar-refractivity contribution in [2.75, 3.05) is 0 Å². The topological polar surface area (TPSA) is 40.5 Å². The third-order valence-corrected chi connectivity index (χ3v) is 2.46. The predicted octanol–water partition coefficient (Wildman–Crippen LogP) is 4.08. The van der Waals surface area contributed by atoms with E-state index in [-0.39, 0.29) is 11.5 Å². The lowest BCUT2D eigenvalue weighted by Crippen LogP contribution is -1.75. The molecule has 0 bridgehead atoms. The number of rotatable bonds is 6. The van der Waals surface area contributed by atoms with Crippen LogP contribution in [0.25, 0.3) is 6.08 Å². The molecule has 0 aliphatic carbocycles. The van der Waals surface area contributed by atoms with E-state index >= 15 is 0 Å². The molecule has 16 heavy (non-hydrogen) atoms. The zero-order valence-electron chi connectivity index (χ0n) is 9.82. The van der Waals surface area contributed by atoms with Crippen LogP contribution < -0.4 is 0 Å². The summed E-state index contributed by atoms with van der Waals surface area (Å²) in [5, 5.41) is 18.5. The van der Waals surface area contributed by atoms with Crippen LogP contribution in [0.5, 0.6) is 11.5 Å². The Hall–Kier alpha value is -1.44. The van der Waals surface area contributed by atoms with Crippen LogP contribution in [0.1, 0.15) is 44.6 Å². The standard InChI is InChI=1S/C14H20O2/c1-2-3-4-5-6-7-8-12-9-13(15)11-14(16)10-12/h7-11,15-16H,2-6H2,1H3. The first kappa shape index (κ1) is 12.6. The van der Waals surface area contributed by atoms with Crippen molar-refractivity contribution in [1.82, 2.24) is 0 Å². The van der Waals surface area contributed by atoms with Crippen molar-refractivity contribution in [2.24, 2.45) is 0 Å². The van der Waals surface area contributed by atoms with Gasteiger partial charge in [-0.2, -0.15) is 0 Å². The highest BCUT2D eigenvalue weighted by Crippen LogP contribution is 2.21. The maximum Gasteiger partial charge on any atom is 0.119 e. The molecule has 0 atom stereocenters. The minimum absolute atomic E-state index is 0.102. The first-order chi connectivity index (χ1) is 7.72. The van der Waals surface area contributed by atoms with Crippen LogP contribution in [0.3, 0.4) is 0 Å². The maximum absolute atomic E-state index is 9.27. The highest BCUT2D eigenvalue weighted by atomic mass is 16.3. The summed E-state index contributed by atoms with van der Waals surface area (Å²) in [7, 11) is 0. The fraction of sp³-hybridized carbons (Fsp3) is 0.429. The molecule has 0 spiro atoms. The molecule has 2 nitrogen and oxygen atoms in total. The Morgan fingerprint density at radius 3 is 2.31 bits per heavy atom. The van der Waals surface area contributed by atoms with E-state index in [0.29, 0.717) is 0 Å². The van der Waals surface area contributed by atoms with Gasteiger partial charge in [0.05, 0.1) is 0 Å². The molecule has 0 heterocycles. The van der Waals surface area contributed by atoms with Crippen molar-refractivity contribution in [2.45, 2.75) is 39.0 Å². The minimum Gasteiger partial charge on any atom is -0.508 e. The van der Waals surface area contributed by atoms with Gasteiger partial charge >= 0.3 is 0 Å². The van der Waals surface area contributed by atoms with Crippen LogP contribution in [-0.4, -0.2) is 10.2 Å². The largest absolute Gasteiger partial charge is 0.508 e. The number of allylic oxidation sites excluding steroid dienone is 1. The highest BCUT2D eigenvalue weighted by molar-refractivity contribution is 5.54. The number of benzene rings is 1. The summed E-state index contributed by atoms with van der Waals surface area (Å²) < 4.78 is 0. The Kier molecular flexibility index (Phi) is 5.48. The Balaban J connectivity index is 2.37. The predicted molar refractivity (Wildman–Crippen MR) is 67.6 cm³/mol. The van der Waals surface area contributed by atoms with Gasteiger partial charge in [0.1, 0.15) is 11.5 Å². The summed E-state index contributed by atoms with van der Waals surface area (Å²) in [6.07, 6.45) is 10.1. The van der Waals surface area contributed by atoms with Gasteiger partial charge in [-0.05, 0) is 30.5 Å². The minimum atomic E-state index is 0.102. The van der Waals surface area contributed by atoms with Crippen LogP contribution in [0.15, 0.2) is 24.3 Å². The molecule has 1 aromatic carbocycles. The molecule has 0 fully saturated rings. The molecule has 1 rings (SSSR count). The second-order valence-electron chi connectivity index (χ2n) is 4.03. The van der Waals surface area contributed by atoms with Gasteiger partial charge in [-0.1, -0.05) is 38.3 Å². The molecular weight excluding hydrogens is 200 g/mol. The number of aromatic hydroxyl groups is 2. The van der Waals surface area contributed by atoms with E-state index in [1.54, 1.807) is 12.1 Å².